The van der Waals surface area contributed by atoms with Gasteiger partial charge in [-0.1, -0.05) is 29.4 Å². The summed E-state index contributed by atoms with van der Waals surface area (Å²) in [5, 5.41) is 13.9. The van der Waals surface area contributed by atoms with Gasteiger partial charge in [0, 0.05) is 6.42 Å². The Bertz CT molecular complexity index is 561. The second-order valence-electron chi connectivity index (χ2n) is 5.91. The number of hydrogen-bond donors (Lipinski definition) is 2. The zero-order chi connectivity index (χ0) is 17.5. The number of benzene rings is 1. The van der Waals surface area contributed by atoms with Crippen LogP contribution in [0.15, 0.2) is 29.4 Å². The molecule has 0 fully saturated rings. The van der Waals surface area contributed by atoms with Crippen molar-refractivity contribution in [2.45, 2.75) is 38.8 Å². The van der Waals surface area contributed by atoms with Crippen LogP contribution in [0.4, 0.5) is 4.79 Å². The van der Waals surface area contributed by atoms with Gasteiger partial charge < -0.3 is 20.0 Å². The van der Waals surface area contributed by atoms with Crippen molar-refractivity contribution in [3.63, 3.8) is 0 Å². The summed E-state index contributed by atoms with van der Waals surface area (Å²) < 4.78 is 9.86. The zero-order valence-corrected chi connectivity index (χ0v) is 13.7. The van der Waals surface area contributed by atoms with Crippen molar-refractivity contribution in [3.8, 4) is 0 Å². The van der Waals surface area contributed by atoms with E-state index in [4.69, 9.17) is 14.7 Å². The topological polar surface area (TPSA) is 97.2 Å². The van der Waals surface area contributed by atoms with Gasteiger partial charge in [-0.2, -0.15) is 0 Å². The number of nitrogens with zero attached hydrogens (tertiary/aromatic N) is 1. The standard InChI is InChI=1S/C16H22N2O5/c1-16(2,3)23-15(20)18-13(14(19)22-4)9-11-5-7-12(8-6-11)10-17-21/h5-8,10,13,21H,9H2,1-4H3,(H,18,20)/b17-10+. The highest BCUT2D eigenvalue weighted by molar-refractivity contribution is 5.82. The van der Waals surface area contributed by atoms with Crippen LogP contribution in [-0.4, -0.2) is 42.2 Å². The Labute approximate surface area is 135 Å². The molecule has 0 aliphatic heterocycles. The molecule has 7 nitrogen and oxygen atoms in total. The molecule has 0 radical (unpaired) electrons. The highest BCUT2D eigenvalue weighted by atomic mass is 16.6. The Kier molecular flexibility index (Phi) is 6.56. The van der Waals surface area contributed by atoms with E-state index < -0.39 is 23.7 Å². The molecule has 0 heterocycles. The van der Waals surface area contributed by atoms with E-state index in [0.717, 1.165) is 5.56 Å². The molecule has 0 aromatic heterocycles. The molecule has 23 heavy (non-hydrogen) atoms. The van der Waals surface area contributed by atoms with Gasteiger partial charge in [-0.25, -0.2) is 9.59 Å². The SMILES string of the molecule is COC(=O)C(Cc1ccc(/C=N/O)cc1)NC(=O)OC(C)(C)C. The van der Waals surface area contributed by atoms with E-state index in [1.807, 2.05) is 0 Å². The molecule has 1 unspecified atom stereocenters. The number of rotatable bonds is 5. The lowest BCUT2D eigenvalue weighted by Crippen LogP contribution is -2.45. The van der Waals surface area contributed by atoms with Crippen molar-refractivity contribution in [2.75, 3.05) is 7.11 Å². The lowest BCUT2D eigenvalue weighted by atomic mass is 10.0. The third-order valence-electron chi connectivity index (χ3n) is 2.80. The van der Waals surface area contributed by atoms with Crippen LogP contribution in [0.1, 0.15) is 31.9 Å². The Morgan fingerprint density at radius 2 is 1.91 bits per heavy atom. The summed E-state index contributed by atoms with van der Waals surface area (Å²) in [7, 11) is 1.26. The van der Waals surface area contributed by atoms with E-state index in [1.165, 1.54) is 13.3 Å². The van der Waals surface area contributed by atoms with Crippen LogP contribution in [0.2, 0.25) is 0 Å². The van der Waals surface area contributed by atoms with Gasteiger partial charge in [0.15, 0.2) is 0 Å². The maximum absolute atomic E-state index is 11.8. The molecule has 0 saturated carbocycles. The number of methoxy groups -OCH3 is 1. The Hall–Kier alpha value is -2.57. The van der Waals surface area contributed by atoms with Gasteiger partial charge >= 0.3 is 12.1 Å². The van der Waals surface area contributed by atoms with Gasteiger partial charge in [0.2, 0.25) is 0 Å². The van der Waals surface area contributed by atoms with Gasteiger partial charge in [-0.15, -0.1) is 0 Å². The van der Waals surface area contributed by atoms with Crippen molar-refractivity contribution >= 4 is 18.3 Å². The highest BCUT2D eigenvalue weighted by Crippen LogP contribution is 2.10. The molecular weight excluding hydrogens is 300 g/mol. The van der Waals surface area contributed by atoms with Crippen molar-refractivity contribution in [2.24, 2.45) is 5.16 Å². The third-order valence-corrected chi connectivity index (χ3v) is 2.80. The lowest BCUT2D eigenvalue weighted by Gasteiger charge is -2.22. The fraction of sp³-hybridized carbons (Fsp3) is 0.438. The first-order valence-electron chi connectivity index (χ1n) is 7.09. The first kappa shape index (κ1) is 18.5. The van der Waals surface area contributed by atoms with E-state index in [9.17, 15) is 9.59 Å². The highest BCUT2D eigenvalue weighted by Gasteiger charge is 2.25. The molecule has 126 valence electrons. The molecule has 0 spiro atoms. The molecule has 1 aromatic carbocycles. The van der Waals surface area contributed by atoms with Crippen molar-refractivity contribution in [1.82, 2.24) is 5.32 Å². The van der Waals surface area contributed by atoms with Crippen LogP contribution < -0.4 is 5.32 Å². The summed E-state index contributed by atoms with van der Waals surface area (Å²) in [6.45, 7) is 5.21. The largest absolute Gasteiger partial charge is 0.467 e. The zero-order valence-electron chi connectivity index (χ0n) is 13.7. The lowest BCUT2D eigenvalue weighted by molar-refractivity contribution is -0.143. The number of alkyl carbamates (subject to hydrolysis) is 1. The predicted molar refractivity (Wildman–Crippen MR) is 84.7 cm³/mol. The van der Waals surface area contributed by atoms with E-state index in [1.54, 1.807) is 45.0 Å². The second-order valence-corrected chi connectivity index (χ2v) is 5.91. The maximum Gasteiger partial charge on any atom is 0.408 e. The average molecular weight is 322 g/mol. The first-order chi connectivity index (χ1) is 10.7. The Morgan fingerprint density at radius 1 is 1.30 bits per heavy atom. The van der Waals surface area contributed by atoms with E-state index in [2.05, 4.69) is 10.5 Å². The number of hydrogen-bond acceptors (Lipinski definition) is 6. The van der Waals surface area contributed by atoms with Crippen molar-refractivity contribution in [3.05, 3.63) is 35.4 Å². The van der Waals surface area contributed by atoms with E-state index >= 15 is 0 Å². The van der Waals surface area contributed by atoms with Crippen LogP contribution >= 0.6 is 0 Å². The molecule has 1 rings (SSSR count). The normalized spacial score (nSPS) is 12.7. The van der Waals surface area contributed by atoms with Crippen LogP contribution in [0.3, 0.4) is 0 Å². The van der Waals surface area contributed by atoms with E-state index in [0.29, 0.717) is 5.56 Å². The van der Waals surface area contributed by atoms with Crippen LogP contribution in [-0.2, 0) is 20.7 Å². The molecule has 1 aromatic rings. The number of amides is 1. The fourth-order valence-corrected chi connectivity index (χ4v) is 1.83. The molecule has 0 aliphatic carbocycles. The quantitative estimate of drug-likeness (QED) is 0.374. The average Bonchev–Trinajstić information content (AvgIpc) is 2.46. The van der Waals surface area contributed by atoms with Gasteiger partial charge in [0.1, 0.15) is 11.6 Å². The molecular formula is C16H22N2O5. The number of esters is 1. The summed E-state index contributed by atoms with van der Waals surface area (Å²) in [4.78, 5) is 23.7. The number of carbonyl (C=O) groups excluding carboxylic acids is 2. The van der Waals surface area contributed by atoms with Gasteiger partial charge in [0.05, 0.1) is 13.3 Å². The minimum absolute atomic E-state index is 0.252. The maximum atomic E-state index is 11.8. The Balaban J connectivity index is 2.78. The Morgan fingerprint density at radius 3 is 2.39 bits per heavy atom. The monoisotopic (exact) mass is 322 g/mol. The minimum atomic E-state index is -0.854. The number of ether oxygens (including phenoxy) is 2. The minimum Gasteiger partial charge on any atom is -0.467 e. The number of oxime groups is 1. The van der Waals surface area contributed by atoms with E-state index in [-0.39, 0.29) is 6.42 Å². The summed E-state index contributed by atoms with van der Waals surface area (Å²) in [6, 6.07) is 6.15. The van der Waals surface area contributed by atoms with Crippen LogP contribution in [0.5, 0.6) is 0 Å². The summed E-state index contributed by atoms with van der Waals surface area (Å²) in [6.07, 6.45) is 0.861. The molecule has 7 heteroatoms. The van der Waals surface area contributed by atoms with Crippen LogP contribution in [0, 0.1) is 0 Å². The first-order valence-corrected chi connectivity index (χ1v) is 7.09. The summed E-state index contributed by atoms with van der Waals surface area (Å²) in [5.74, 6) is -0.558. The van der Waals surface area contributed by atoms with Gasteiger partial charge in [-0.05, 0) is 31.9 Å². The van der Waals surface area contributed by atoms with Gasteiger partial charge in [0.25, 0.3) is 0 Å². The molecule has 1 amide bonds. The fourth-order valence-electron chi connectivity index (χ4n) is 1.83. The number of nitrogens with one attached hydrogen (secondary N) is 1. The van der Waals surface area contributed by atoms with Crippen LogP contribution in [0.25, 0.3) is 0 Å². The summed E-state index contributed by atoms with van der Waals surface area (Å²) >= 11 is 0. The predicted octanol–water partition coefficient (Wildman–Crippen LogP) is 2.10. The molecule has 0 aliphatic rings. The molecule has 0 bridgehead atoms. The molecule has 0 saturated heterocycles. The second kappa shape index (κ2) is 8.17. The third kappa shape index (κ3) is 6.82. The molecule has 1 atom stereocenters. The molecule has 2 N–H and O–H groups in total. The van der Waals surface area contributed by atoms with Crippen molar-refractivity contribution in [1.29, 1.82) is 0 Å². The van der Waals surface area contributed by atoms with Crippen molar-refractivity contribution < 1.29 is 24.3 Å². The summed E-state index contributed by atoms with van der Waals surface area (Å²) in [5.41, 5.74) is 0.869. The van der Waals surface area contributed by atoms with Gasteiger partial charge in [-0.3, -0.25) is 0 Å². The number of carbonyl (C=O) groups is 2. The smallest absolute Gasteiger partial charge is 0.408 e.